The third-order valence-electron chi connectivity index (χ3n) is 4.22. The molecular formula is C14H21BrN2O2S2. The van der Waals surface area contributed by atoms with Gasteiger partial charge in [-0.15, -0.1) is 11.3 Å². The number of hydrogen-bond donors (Lipinski definition) is 1. The lowest BCUT2D eigenvalue weighted by molar-refractivity contribution is 0.245. The number of aryl methyl sites for hydroxylation is 1. The van der Waals surface area contributed by atoms with Crippen molar-refractivity contribution in [2.24, 2.45) is 0 Å². The van der Waals surface area contributed by atoms with Gasteiger partial charge in [0.25, 0.3) is 0 Å². The van der Waals surface area contributed by atoms with Crippen LogP contribution in [0.1, 0.15) is 37.0 Å². The molecule has 1 N–H and O–H groups in total. The summed E-state index contributed by atoms with van der Waals surface area (Å²) >= 11 is 4.88. The van der Waals surface area contributed by atoms with E-state index in [4.69, 9.17) is 0 Å². The quantitative estimate of drug-likeness (QED) is 0.836. The lowest BCUT2D eigenvalue weighted by Crippen LogP contribution is -2.48. The Labute approximate surface area is 139 Å². The number of hydrogen-bond acceptors (Lipinski definition) is 4. The van der Waals surface area contributed by atoms with Crippen molar-refractivity contribution in [1.29, 1.82) is 0 Å². The number of nitrogens with one attached hydrogen (secondary N) is 1. The number of sulfonamides is 1. The standard InChI is InChI=1S/C14H21BrN2O2S2/c1-10-13(8-14(15)20-10)21(18,19)17-7-3-2-4-12(17)9-16-11-5-6-11/h8,11-12,16H,2-7,9H2,1H3. The molecule has 4 nitrogen and oxygen atoms in total. The van der Waals surface area contributed by atoms with Gasteiger partial charge >= 0.3 is 0 Å². The Kier molecular flexibility index (Phi) is 4.76. The van der Waals surface area contributed by atoms with Crippen molar-refractivity contribution in [3.05, 3.63) is 14.7 Å². The zero-order chi connectivity index (χ0) is 15.0. The van der Waals surface area contributed by atoms with E-state index in [2.05, 4.69) is 21.2 Å². The molecule has 0 amide bonds. The summed E-state index contributed by atoms with van der Waals surface area (Å²) in [6.45, 7) is 3.31. The number of rotatable bonds is 5. The van der Waals surface area contributed by atoms with Gasteiger partial charge in [0.15, 0.2) is 0 Å². The van der Waals surface area contributed by atoms with Gasteiger partial charge in [0, 0.05) is 30.1 Å². The second-order valence-corrected chi connectivity index (χ2v) is 10.4. The van der Waals surface area contributed by atoms with Gasteiger partial charge in [-0.1, -0.05) is 6.42 Å². The van der Waals surface area contributed by atoms with Crippen LogP contribution in [-0.2, 0) is 10.0 Å². The van der Waals surface area contributed by atoms with E-state index in [1.54, 1.807) is 10.4 Å². The molecule has 21 heavy (non-hydrogen) atoms. The number of halogens is 1. The summed E-state index contributed by atoms with van der Waals surface area (Å²) in [6, 6.07) is 2.46. The molecule has 0 spiro atoms. The molecule has 2 aliphatic rings. The highest BCUT2D eigenvalue weighted by Gasteiger charge is 2.35. The van der Waals surface area contributed by atoms with Gasteiger partial charge in [-0.05, 0) is 54.6 Å². The first-order chi connectivity index (χ1) is 9.98. The maximum Gasteiger partial charge on any atom is 0.244 e. The van der Waals surface area contributed by atoms with Crippen LogP contribution in [0.15, 0.2) is 14.7 Å². The molecule has 1 aliphatic carbocycles. The molecule has 1 saturated heterocycles. The Morgan fingerprint density at radius 3 is 2.76 bits per heavy atom. The van der Waals surface area contributed by atoms with E-state index in [0.717, 1.165) is 34.5 Å². The fourth-order valence-electron chi connectivity index (χ4n) is 2.90. The average molecular weight is 393 g/mol. The van der Waals surface area contributed by atoms with Crippen LogP contribution in [0.3, 0.4) is 0 Å². The first-order valence-corrected chi connectivity index (χ1v) is 10.5. The van der Waals surface area contributed by atoms with E-state index >= 15 is 0 Å². The van der Waals surface area contributed by atoms with E-state index in [9.17, 15) is 8.42 Å². The fraction of sp³-hybridized carbons (Fsp3) is 0.714. The van der Waals surface area contributed by atoms with Gasteiger partial charge in [-0.25, -0.2) is 8.42 Å². The molecule has 1 atom stereocenters. The second-order valence-electron chi connectivity index (χ2n) is 5.92. The number of piperidine rings is 1. The zero-order valence-electron chi connectivity index (χ0n) is 12.1. The molecule has 2 heterocycles. The third-order valence-corrected chi connectivity index (χ3v) is 7.98. The van der Waals surface area contributed by atoms with Crippen LogP contribution >= 0.6 is 27.3 Å². The van der Waals surface area contributed by atoms with E-state index in [-0.39, 0.29) is 6.04 Å². The maximum absolute atomic E-state index is 13.0. The van der Waals surface area contributed by atoms with Gasteiger partial charge in [-0.2, -0.15) is 4.31 Å². The number of nitrogens with zero attached hydrogens (tertiary/aromatic N) is 1. The van der Waals surface area contributed by atoms with Crippen LogP contribution in [-0.4, -0.2) is 37.9 Å². The molecule has 1 saturated carbocycles. The summed E-state index contributed by atoms with van der Waals surface area (Å²) in [6.07, 6.45) is 5.51. The van der Waals surface area contributed by atoms with Crippen molar-refractivity contribution < 1.29 is 8.42 Å². The summed E-state index contributed by atoms with van der Waals surface area (Å²) in [5.74, 6) is 0. The topological polar surface area (TPSA) is 49.4 Å². The second kappa shape index (κ2) is 6.28. The molecule has 1 aromatic rings. The van der Waals surface area contributed by atoms with Crippen LogP contribution in [0.25, 0.3) is 0 Å². The highest BCUT2D eigenvalue weighted by atomic mass is 79.9. The zero-order valence-corrected chi connectivity index (χ0v) is 15.4. The Balaban J connectivity index is 1.81. The van der Waals surface area contributed by atoms with Crippen LogP contribution in [0, 0.1) is 6.92 Å². The Hall–Kier alpha value is 0.0500. The van der Waals surface area contributed by atoms with Crippen LogP contribution in [0.4, 0.5) is 0 Å². The van der Waals surface area contributed by atoms with Crippen molar-refractivity contribution in [2.75, 3.05) is 13.1 Å². The summed E-state index contributed by atoms with van der Waals surface area (Å²) in [7, 11) is -3.37. The highest BCUT2D eigenvalue weighted by Crippen LogP contribution is 2.34. The normalized spacial score (nSPS) is 24.4. The Bertz CT molecular complexity index is 610. The van der Waals surface area contributed by atoms with Gasteiger partial charge < -0.3 is 5.32 Å². The molecule has 1 unspecified atom stereocenters. The molecule has 0 radical (unpaired) electrons. The van der Waals surface area contributed by atoms with Crippen molar-refractivity contribution in [3.63, 3.8) is 0 Å². The molecule has 1 aromatic heterocycles. The van der Waals surface area contributed by atoms with Gasteiger partial charge in [-0.3, -0.25) is 0 Å². The average Bonchev–Trinajstić information content (AvgIpc) is 3.20. The molecule has 3 rings (SSSR count). The predicted molar refractivity (Wildman–Crippen MR) is 89.3 cm³/mol. The summed E-state index contributed by atoms with van der Waals surface area (Å²) in [4.78, 5) is 1.33. The predicted octanol–water partition coefficient (Wildman–Crippen LogP) is 3.11. The molecule has 1 aliphatic heterocycles. The first kappa shape index (κ1) is 15.9. The minimum Gasteiger partial charge on any atom is -0.312 e. The van der Waals surface area contributed by atoms with Crippen LogP contribution in [0.5, 0.6) is 0 Å². The smallest absolute Gasteiger partial charge is 0.244 e. The Morgan fingerprint density at radius 2 is 2.14 bits per heavy atom. The maximum atomic E-state index is 13.0. The van der Waals surface area contributed by atoms with Crippen molar-refractivity contribution in [3.8, 4) is 0 Å². The Morgan fingerprint density at radius 1 is 1.38 bits per heavy atom. The largest absolute Gasteiger partial charge is 0.312 e. The monoisotopic (exact) mass is 392 g/mol. The van der Waals surface area contributed by atoms with Gasteiger partial charge in [0.05, 0.1) is 8.68 Å². The summed E-state index contributed by atoms with van der Waals surface area (Å²) in [5.41, 5.74) is 0. The van der Waals surface area contributed by atoms with E-state index < -0.39 is 10.0 Å². The minimum atomic E-state index is -3.37. The van der Waals surface area contributed by atoms with Gasteiger partial charge in [0.2, 0.25) is 10.0 Å². The lowest BCUT2D eigenvalue weighted by Gasteiger charge is -2.34. The first-order valence-electron chi connectivity index (χ1n) is 7.49. The number of thiophene rings is 1. The van der Waals surface area contributed by atoms with E-state index in [0.29, 0.717) is 17.5 Å². The van der Waals surface area contributed by atoms with E-state index in [1.807, 2.05) is 6.92 Å². The molecular weight excluding hydrogens is 372 g/mol. The lowest BCUT2D eigenvalue weighted by atomic mass is 10.1. The van der Waals surface area contributed by atoms with Crippen molar-refractivity contribution >= 4 is 37.3 Å². The molecule has 7 heteroatoms. The molecule has 118 valence electrons. The van der Waals surface area contributed by atoms with Crippen LogP contribution in [0.2, 0.25) is 0 Å². The third kappa shape index (κ3) is 3.52. The minimum absolute atomic E-state index is 0.0995. The summed E-state index contributed by atoms with van der Waals surface area (Å²) in [5, 5.41) is 3.49. The summed E-state index contributed by atoms with van der Waals surface area (Å²) < 4.78 is 28.6. The molecule has 2 fully saturated rings. The van der Waals surface area contributed by atoms with Crippen LogP contribution < -0.4 is 5.32 Å². The fourth-order valence-corrected chi connectivity index (χ4v) is 6.98. The van der Waals surface area contributed by atoms with Crippen molar-refractivity contribution in [2.45, 2.75) is 56.0 Å². The van der Waals surface area contributed by atoms with Gasteiger partial charge in [0.1, 0.15) is 0 Å². The SMILES string of the molecule is Cc1sc(Br)cc1S(=O)(=O)N1CCCCC1CNC1CC1. The molecule has 0 aromatic carbocycles. The van der Waals surface area contributed by atoms with E-state index in [1.165, 1.54) is 24.2 Å². The molecule has 0 bridgehead atoms. The highest BCUT2D eigenvalue weighted by molar-refractivity contribution is 9.11. The van der Waals surface area contributed by atoms with Crippen molar-refractivity contribution in [1.82, 2.24) is 9.62 Å².